The minimum Gasteiger partial charge on any atom is -0.497 e. The summed E-state index contributed by atoms with van der Waals surface area (Å²) in [6.07, 6.45) is 0.993. The number of carbonyl (C=O) groups is 2. The molecule has 2 aromatic rings. The van der Waals surface area contributed by atoms with Gasteiger partial charge in [0.15, 0.2) is 0 Å². The van der Waals surface area contributed by atoms with Gasteiger partial charge in [-0.1, -0.05) is 24.3 Å². The van der Waals surface area contributed by atoms with Crippen molar-refractivity contribution in [1.29, 1.82) is 0 Å². The summed E-state index contributed by atoms with van der Waals surface area (Å²) in [5.41, 5.74) is 2.28. The number of esters is 1. The number of amides is 1. The lowest BCUT2D eigenvalue weighted by molar-refractivity contribution is -0.146. The molecule has 1 aliphatic rings. The molecule has 7 heteroatoms. The van der Waals surface area contributed by atoms with Crippen molar-refractivity contribution in [1.82, 2.24) is 5.48 Å². The van der Waals surface area contributed by atoms with Gasteiger partial charge >= 0.3 is 5.97 Å². The van der Waals surface area contributed by atoms with Gasteiger partial charge < -0.3 is 14.2 Å². The summed E-state index contributed by atoms with van der Waals surface area (Å²) in [5.74, 6) is -0.368. The first-order valence-corrected chi connectivity index (χ1v) is 8.93. The fraction of sp³-hybridized carbons (Fsp3) is 0.333. The predicted molar refractivity (Wildman–Crippen MR) is 100 cm³/mol. The lowest BCUT2D eigenvalue weighted by atomic mass is 9.92. The largest absolute Gasteiger partial charge is 0.497 e. The molecule has 7 nitrogen and oxygen atoms in total. The van der Waals surface area contributed by atoms with Gasteiger partial charge in [0.25, 0.3) is 0 Å². The van der Waals surface area contributed by atoms with Crippen LogP contribution < -0.4 is 15.0 Å². The van der Waals surface area contributed by atoms with Gasteiger partial charge in [-0.3, -0.25) is 14.8 Å². The fourth-order valence-corrected chi connectivity index (χ4v) is 3.44. The zero-order valence-corrected chi connectivity index (χ0v) is 15.8. The number of methoxy groups -OCH3 is 2. The highest BCUT2D eigenvalue weighted by Gasteiger charge is 2.65. The van der Waals surface area contributed by atoms with Crippen LogP contribution in [-0.2, 0) is 26.2 Å². The van der Waals surface area contributed by atoms with Gasteiger partial charge in [-0.2, -0.15) is 0 Å². The zero-order chi connectivity index (χ0) is 20.1. The molecule has 0 unspecified atom stereocenters. The number of hydrogen-bond acceptors (Lipinski definition) is 6. The second-order valence-electron chi connectivity index (χ2n) is 6.67. The third-order valence-electron chi connectivity index (χ3n) is 5.10. The molecule has 0 aromatic heterocycles. The SMILES string of the molecule is COC(=O)[C@]1(c2cccc(OCCc3ccc(OC)cc3)c2)C[C@H]1C(=O)NO. The van der Waals surface area contributed by atoms with Crippen LogP contribution in [0.1, 0.15) is 17.5 Å². The van der Waals surface area contributed by atoms with E-state index in [-0.39, 0.29) is 6.42 Å². The molecule has 1 saturated carbocycles. The molecule has 0 saturated heterocycles. The Morgan fingerprint density at radius 2 is 1.89 bits per heavy atom. The minimum atomic E-state index is -1.09. The van der Waals surface area contributed by atoms with Crippen LogP contribution in [0.5, 0.6) is 11.5 Å². The van der Waals surface area contributed by atoms with Crippen molar-refractivity contribution in [2.75, 3.05) is 20.8 Å². The number of ether oxygens (including phenoxy) is 3. The van der Waals surface area contributed by atoms with Crippen LogP contribution in [0.4, 0.5) is 0 Å². The number of carbonyl (C=O) groups excluding carboxylic acids is 2. The number of rotatable bonds is 8. The monoisotopic (exact) mass is 385 g/mol. The number of nitrogens with one attached hydrogen (secondary N) is 1. The Morgan fingerprint density at radius 3 is 2.54 bits per heavy atom. The highest BCUT2D eigenvalue weighted by molar-refractivity contribution is 5.97. The van der Waals surface area contributed by atoms with Gasteiger partial charge in [0.2, 0.25) is 5.91 Å². The Kier molecular flexibility index (Phi) is 5.84. The maximum Gasteiger partial charge on any atom is 0.317 e. The first-order chi connectivity index (χ1) is 13.5. The Labute approximate surface area is 163 Å². The molecule has 0 spiro atoms. The maximum atomic E-state index is 12.4. The Balaban J connectivity index is 1.69. The van der Waals surface area contributed by atoms with Crippen LogP contribution in [0.2, 0.25) is 0 Å². The zero-order valence-electron chi connectivity index (χ0n) is 15.8. The molecule has 0 bridgehead atoms. The van der Waals surface area contributed by atoms with E-state index in [9.17, 15) is 9.59 Å². The van der Waals surface area contributed by atoms with Crippen LogP contribution >= 0.6 is 0 Å². The molecule has 2 aromatic carbocycles. The summed E-state index contributed by atoms with van der Waals surface area (Å²) in [6, 6.07) is 14.8. The van der Waals surface area contributed by atoms with E-state index in [0.29, 0.717) is 24.3 Å². The van der Waals surface area contributed by atoms with Crippen molar-refractivity contribution in [3.8, 4) is 11.5 Å². The van der Waals surface area contributed by atoms with Crippen LogP contribution in [0, 0.1) is 5.92 Å². The van der Waals surface area contributed by atoms with Gasteiger partial charge in [-0.15, -0.1) is 0 Å². The molecule has 1 amide bonds. The smallest absolute Gasteiger partial charge is 0.317 e. The van der Waals surface area contributed by atoms with Crippen LogP contribution in [0.25, 0.3) is 0 Å². The second-order valence-corrected chi connectivity index (χ2v) is 6.67. The highest BCUT2D eigenvalue weighted by Crippen LogP contribution is 2.55. The minimum absolute atomic E-state index is 0.279. The molecule has 0 aliphatic heterocycles. The maximum absolute atomic E-state index is 12.4. The molecule has 1 aliphatic carbocycles. The van der Waals surface area contributed by atoms with Crippen molar-refractivity contribution >= 4 is 11.9 Å². The van der Waals surface area contributed by atoms with Crippen LogP contribution in [0.3, 0.4) is 0 Å². The van der Waals surface area contributed by atoms with Gasteiger partial charge in [0.05, 0.1) is 26.7 Å². The molecular formula is C21H23NO6. The molecule has 28 heavy (non-hydrogen) atoms. The number of hydrogen-bond donors (Lipinski definition) is 2. The van der Waals surface area contributed by atoms with E-state index in [1.807, 2.05) is 24.3 Å². The molecular weight excluding hydrogens is 362 g/mol. The first-order valence-electron chi connectivity index (χ1n) is 8.93. The average molecular weight is 385 g/mol. The molecule has 0 heterocycles. The summed E-state index contributed by atoms with van der Waals surface area (Å²) >= 11 is 0. The predicted octanol–water partition coefficient (Wildman–Crippen LogP) is 2.25. The van der Waals surface area contributed by atoms with E-state index in [1.165, 1.54) is 7.11 Å². The van der Waals surface area contributed by atoms with Crippen molar-refractivity contribution in [3.63, 3.8) is 0 Å². The third kappa shape index (κ3) is 3.80. The summed E-state index contributed by atoms with van der Waals surface area (Å²) in [7, 11) is 2.91. The Morgan fingerprint density at radius 1 is 1.14 bits per heavy atom. The normalized spacial score (nSPS) is 20.2. The van der Waals surface area contributed by atoms with Crippen molar-refractivity contribution in [3.05, 3.63) is 59.7 Å². The quantitative estimate of drug-likeness (QED) is 0.411. The number of hydroxylamine groups is 1. The summed E-state index contributed by atoms with van der Waals surface area (Å²) in [6.45, 7) is 0.460. The van der Waals surface area contributed by atoms with Crippen molar-refractivity contribution in [2.24, 2.45) is 5.92 Å². The molecule has 2 atom stereocenters. The molecule has 0 radical (unpaired) electrons. The van der Waals surface area contributed by atoms with Crippen molar-refractivity contribution < 1.29 is 29.0 Å². The third-order valence-corrected chi connectivity index (χ3v) is 5.10. The Hall–Kier alpha value is -3.06. The van der Waals surface area contributed by atoms with Gasteiger partial charge in [0, 0.05) is 6.42 Å². The summed E-state index contributed by atoms with van der Waals surface area (Å²) < 4.78 is 15.9. The summed E-state index contributed by atoms with van der Waals surface area (Å²) in [4.78, 5) is 24.2. The van der Waals surface area contributed by atoms with E-state index in [4.69, 9.17) is 19.4 Å². The van der Waals surface area contributed by atoms with E-state index < -0.39 is 23.2 Å². The molecule has 1 fully saturated rings. The topological polar surface area (TPSA) is 94.1 Å². The van der Waals surface area contributed by atoms with Gasteiger partial charge in [-0.25, -0.2) is 5.48 Å². The van der Waals surface area contributed by atoms with E-state index in [0.717, 1.165) is 11.3 Å². The number of benzene rings is 2. The second kappa shape index (κ2) is 8.31. The average Bonchev–Trinajstić information content (AvgIpc) is 3.50. The van der Waals surface area contributed by atoms with E-state index >= 15 is 0 Å². The molecule has 3 rings (SSSR count). The molecule has 2 N–H and O–H groups in total. The molecule has 148 valence electrons. The lowest BCUT2D eigenvalue weighted by Gasteiger charge is -2.16. The Bertz CT molecular complexity index is 850. The standard InChI is InChI=1S/C21H23NO6/c1-26-16-8-6-14(7-9-16)10-11-28-17-5-3-4-15(12-17)21(20(24)27-2)13-18(21)19(23)22-25/h3-9,12,18,25H,10-11,13H2,1-2H3,(H,22,23)/t18-,21-/m0/s1. The fourth-order valence-electron chi connectivity index (χ4n) is 3.44. The lowest BCUT2D eigenvalue weighted by Crippen LogP contribution is -2.31. The van der Waals surface area contributed by atoms with E-state index in [2.05, 4.69) is 0 Å². The summed E-state index contributed by atoms with van der Waals surface area (Å²) in [5, 5.41) is 8.91. The van der Waals surface area contributed by atoms with E-state index in [1.54, 1.807) is 36.9 Å². The van der Waals surface area contributed by atoms with Crippen molar-refractivity contribution in [2.45, 2.75) is 18.3 Å². The van der Waals surface area contributed by atoms with Crippen LogP contribution in [0.15, 0.2) is 48.5 Å². The first kappa shape index (κ1) is 19.7. The van der Waals surface area contributed by atoms with Gasteiger partial charge in [-0.05, 0) is 41.8 Å². The van der Waals surface area contributed by atoms with Gasteiger partial charge in [0.1, 0.15) is 16.9 Å². The highest BCUT2D eigenvalue weighted by atomic mass is 16.5. The van der Waals surface area contributed by atoms with Crippen LogP contribution in [-0.4, -0.2) is 37.9 Å².